The fourth-order valence-electron chi connectivity index (χ4n) is 4.57. The van der Waals surface area contributed by atoms with E-state index in [0.717, 1.165) is 45.3 Å². The molecule has 0 saturated heterocycles. The summed E-state index contributed by atoms with van der Waals surface area (Å²) in [5.41, 5.74) is 3.58. The van der Waals surface area contributed by atoms with Crippen LogP contribution in [0.15, 0.2) is 83.8 Å². The maximum absolute atomic E-state index is 13.6. The van der Waals surface area contributed by atoms with Crippen molar-refractivity contribution in [3.05, 3.63) is 94.9 Å². The Morgan fingerprint density at radius 3 is 2.46 bits per heavy atom. The Morgan fingerprint density at radius 2 is 1.67 bits per heavy atom. The number of likely N-dealkylation sites (N-methyl/N-ethyl adjacent to an activating group) is 1. The van der Waals surface area contributed by atoms with E-state index in [1.807, 2.05) is 18.2 Å². The zero-order chi connectivity index (χ0) is 26.3. The summed E-state index contributed by atoms with van der Waals surface area (Å²) >= 11 is 3.18. The molecule has 1 aliphatic heterocycles. The first-order valence-corrected chi connectivity index (χ1v) is 15.2. The van der Waals surface area contributed by atoms with Crippen LogP contribution in [0.1, 0.15) is 20.8 Å². The first kappa shape index (κ1) is 27.3. The number of thiazole rings is 1. The number of nitrogens with one attached hydrogen (secondary N) is 2. The highest BCUT2D eigenvalue weighted by Gasteiger charge is 2.27. The molecule has 2 N–H and O–H groups in total. The lowest BCUT2D eigenvalue weighted by Crippen LogP contribution is -2.25. The highest BCUT2D eigenvalue weighted by Crippen LogP contribution is 2.45. The van der Waals surface area contributed by atoms with Crippen molar-refractivity contribution < 1.29 is 13.2 Å². The lowest BCUT2D eigenvalue weighted by atomic mass is 10.0. The maximum atomic E-state index is 13.6. The summed E-state index contributed by atoms with van der Waals surface area (Å²) in [4.78, 5) is 22.1. The SMILES string of the molecule is CN1CCc2c(sc(NC(=O)c3ccccc3NS(=O)(=O)c3ccccc3)c2-c2nc3ccccc3s2)C1.Cl. The molecule has 1 amide bonds. The molecule has 39 heavy (non-hydrogen) atoms. The Balaban J connectivity index is 0.00000308. The highest BCUT2D eigenvalue weighted by atomic mass is 35.5. The largest absolute Gasteiger partial charge is 0.313 e. The number of carbonyl (C=O) groups excluding carboxylic acids is 1. The van der Waals surface area contributed by atoms with E-state index in [4.69, 9.17) is 4.98 Å². The van der Waals surface area contributed by atoms with Gasteiger partial charge in [-0.2, -0.15) is 0 Å². The van der Waals surface area contributed by atoms with Gasteiger partial charge < -0.3 is 10.2 Å². The lowest BCUT2D eigenvalue weighted by molar-refractivity contribution is 0.102. The van der Waals surface area contributed by atoms with Crippen LogP contribution in [0.25, 0.3) is 20.8 Å². The van der Waals surface area contributed by atoms with Gasteiger partial charge in [0.15, 0.2) is 0 Å². The van der Waals surface area contributed by atoms with Gasteiger partial charge in [-0.05, 0) is 55.4 Å². The van der Waals surface area contributed by atoms with E-state index in [9.17, 15) is 13.2 Å². The number of hydrogen-bond donors (Lipinski definition) is 2. The van der Waals surface area contributed by atoms with Crippen LogP contribution in [-0.2, 0) is 23.0 Å². The molecule has 0 radical (unpaired) electrons. The van der Waals surface area contributed by atoms with Crippen LogP contribution >= 0.6 is 35.1 Å². The number of halogens is 1. The van der Waals surface area contributed by atoms with E-state index in [-0.39, 0.29) is 34.5 Å². The molecule has 0 fully saturated rings. The van der Waals surface area contributed by atoms with Crippen molar-refractivity contribution >= 4 is 71.9 Å². The van der Waals surface area contributed by atoms with Crippen molar-refractivity contribution in [3.63, 3.8) is 0 Å². The summed E-state index contributed by atoms with van der Waals surface area (Å²) in [7, 11) is -1.77. The smallest absolute Gasteiger partial charge is 0.261 e. The summed E-state index contributed by atoms with van der Waals surface area (Å²) in [6.07, 6.45) is 0.872. The van der Waals surface area contributed by atoms with Crippen molar-refractivity contribution in [2.45, 2.75) is 17.9 Å². The Hall–Kier alpha value is -3.28. The van der Waals surface area contributed by atoms with Crippen molar-refractivity contribution in [2.24, 2.45) is 0 Å². The molecule has 0 atom stereocenters. The van der Waals surface area contributed by atoms with E-state index < -0.39 is 10.0 Å². The number of anilines is 2. The lowest BCUT2D eigenvalue weighted by Gasteiger charge is -2.22. The topological polar surface area (TPSA) is 91.4 Å². The molecule has 7 nitrogen and oxygen atoms in total. The maximum Gasteiger partial charge on any atom is 0.261 e. The van der Waals surface area contributed by atoms with Gasteiger partial charge in [-0.15, -0.1) is 35.1 Å². The van der Waals surface area contributed by atoms with Gasteiger partial charge in [-0.1, -0.05) is 42.5 Å². The number of benzene rings is 3. The normalized spacial score (nSPS) is 13.5. The number of sulfonamides is 1. The Labute approximate surface area is 241 Å². The molecule has 3 aromatic carbocycles. The molecule has 11 heteroatoms. The summed E-state index contributed by atoms with van der Waals surface area (Å²) in [5, 5.41) is 4.71. The molecule has 5 aromatic rings. The van der Waals surface area contributed by atoms with Crippen molar-refractivity contribution in [3.8, 4) is 10.6 Å². The van der Waals surface area contributed by atoms with Gasteiger partial charge in [0.05, 0.1) is 26.4 Å². The molecule has 200 valence electrons. The number of fused-ring (bicyclic) bond motifs is 2. The second-order valence-corrected chi connectivity index (χ2v) is 12.9. The molecule has 3 heterocycles. The molecular weight excluding hydrogens is 572 g/mol. The predicted octanol–water partition coefficient (Wildman–Crippen LogP) is 6.49. The Bertz CT molecular complexity index is 1730. The zero-order valence-corrected chi connectivity index (χ0v) is 24.1. The molecule has 0 spiro atoms. The average Bonchev–Trinajstić information content (AvgIpc) is 3.49. The van der Waals surface area contributed by atoms with Gasteiger partial charge in [-0.25, -0.2) is 13.4 Å². The van der Waals surface area contributed by atoms with E-state index in [1.54, 1.807) is 65.1 Å². The van der Waals surface area contributed by atoms with Gasteiger partial charge in [0.1, 0.15) is 10.0 Å². The van der Waals surface area contributed by atoms with Crippen LogP contribution in [-0.4, -0.2) is 37.8 Å². The third kappa shape index (κ3) is 5.43. The molecule has 2 aromatic heterocycles. The van der Waals surface area contributed by atoms with Crippen LogP contribution in [0.3, 0.4) is 0 Å². The monoisotopic (exact) mass is 596 g/mol. The van der Waals surface area contributed by atoms with E-state index >= 15 is 0 Å². The molecule has 0 aliphatic carbocycles. The number of carbonyl (C=O) groups is 1. The number of para-hydroxylation sites is 2. The minimum absolute atomic E-state index is 0. The molecule has 0 bridgehead atoms. The van der Waals surface area contributed by atoms with E-state index in [0.29, 0.717) is 0 Å². The number of nitrogens with zero attached hydrogens (tertiary/aromatic N) is 2. The molecule has 0 unspecified atom stereocenters. The van der Waals surface area contributed by atoms with Crippen LogP contribution in [0.2, 0.25) is 0 Å². The Morgan fingerprint density at radius 1 is 0.949 bits per heavy atom. The van der Waals surface area contributed by atoms with Gasteiger partial charge in [0, 0.05) is 23.5 Å². The van der Waals surface area contributed by atoms with Gasteiger partial charge in [-0.3, -0.25) is 9.52 Å². The minimum atomic E-state index is -3.86. The Kier molecular flexibility index (Phi) is 7.75. The van der Waals surface area contributed by atoms with E-state index in [1.165, 1.54) is 22.6 Å². The van der Waals surface area contributed by atoms with Crippen LogP contribution < -0.4 is 10.0 Å². The second-order valence-electron chi connectivity index (χ2n) is 9.10. The quantitative estimate of drug-likeness (QED) is 0.234. The van der Waals surface area contributed by atoms with E-state index in [2.05, 4.69) is 28.1 Å². The first-order valence-electron chi connectivity index (χ1n) is 12.1. The fraction of sp³-hybridized carbons (Fsp3) is 0.143. The zero-order valence-electron chi connectivity index (χ0n) is 20.9. The molecular formula is C28H25ClN4O3S3. The summed E-state index contributed by atoms with van der Waals surface area (Å²) in [5.74, 6) is -0.384. The predicted molar refractivity (Wildman–Crippen MR) is 162 cm³/mol. The summed E-state index contributed by atoms with van der Waals surface area (Å²) in [6, 6.07) is 22.8. The molecule has 0 saturated carbocycles. The third-order valence-electron chi connectivity index (χ3n) is 6.45. The molecule has 1 aliphatic rings. The van der Waals surface area contributed by atoms with Gasteiger partial charge in [0.25, 0.3) is 15.9 Å². The second kappa shape index (κ2) is 11.1. The highest BCUT2D eigenvalue weighted by molar-refractivity contribution is 7.92. The van der Waals surface area contributed by atoms with Crippen LogP contribution in [0.5, 0.6) is 0 Å². The summed E-state index contributed by atoms with van der Waals surface area (Å²) < 4.78 is 29.6. The van der Waals surface area contributed by atoms with Gasteiger partial charge >= 0.3 is 0 Å². The number of aromatic nitrogens is 1. The van der Waals surface area contributed by atoms with Crippen LogP contribution in [0.4, 0.5) is 10.7 Å². The minimum Gasteiger partial charge on any atom is -0.313 e. The number of thiophene rings is 1. The number of amides is 1. The first-order chi connectivity index (χ1) is 18.4. The van der Waals surface area contributed by atoms with Crippen molar-refractivity contribution in [2.75, 3.05) is 23.6 Å². The standard InChI is InChI=1S/C28H24N4O3S3.ClH/c1-32-16-15-20-24(17-32)37-28(25(20)27-29-22-13-7-8-14-23(22)36-27)30-26(33)19-11-5-6-12-21(19)31-38(34,35)18-9-3-2-4-10-18;/h2-14,31H,15-17H2,1H3,(H,30,33);1H. The third-order valence-corrected chi connectivity index (χ3v) is 10.0. The van der Waals surface area contributed by atoms with Gasteiger partial charge in [0.2, 0.25) is 0 Å². The molecule has 6 rings (SSSR count). The van der Waals surface area contributed by atoms with Crippen molar-refractivity contribution in [1.29, 1.82) is 0 Å². The van der Waals surface area contributed by atoms with Crippen LogP contribution in [0, 0.1) is 0 Å². The average molecular weight is 597 g/mol. The summed E-state index contributed by atoms with van der Waals surface area (Å²) in [6.45, 7) is 1.74. The van der Waals surface area contributed by atoms with Crippen molar-refractivity contribution in [1.82, 2.24) is 9.88 Å². The number of rotatable bonds is 6. The number of hydrogen-bond acceptors (Lipinski definition) is 7. The fourth-order valence-corrected chi connectivity index (χ4v) is 8.10.